The van der Waals surface area contributed by atoms with E-state index in [4.69, 9.17) is 0 Å². The Hall–Kier alpha value is -1.47. The maximum absolute atomic E-state index is 12.2. The van der Waals surface area contributed by atoms with Gasteiger partial charge in [0, 0.05) is 47.5 Å². The number of carbonyl (C=O) groups excluding carboxylic acids is 1. The Morgan fingerprint density at radius 1 is 1.38 bits per heavy atom. The molecule has 1 aliphatic rings. The number of pyridine rings is 1. The SMILES string of the molecule is O=C(C[C@@H]1CSCCS1)Nc1cccnc1-n1cccn1. The summed E-state index contributed by atoms with van der Waals surface area (Å²) < 4.78 is 1.65. The fourth-order valence-electron chi connectivity index (χ4n) is 2.13. The second kappa shape index (κ2) is 7.00. The minimum Gasteiger partial charge on any atom is -0.323 e. The van der Waals surface area contributed by atoms with Gasteiger partial charge in [-0.2, -0.15) is 28.6 Å². The highest BCUT2D eigenvalue weighted by Gasteiger charge is 2.19. The van der Waals surface area contributed by atoms with Crippen LogP contribution >= 0.6 is 23.5 Å². The summed E-state index contributed by atoms with van der Waals surface area (Å²) in [6.45, 7) is 0. The van der Waals surface area contributed by atoms with Crippen molar-refractivity contribution in [1.82, 2.24) is 14.8 Å². The number of rotatable bonds is 4. The summed E-state index contributed by atoms with van der Waals surface area (Å²) in [5, 5.41) is 7.54. The van der Waals surface area contributed by atoms with Crippen LogP contribution in [0.3, 0.4) is 0 Å². The molecular formula is C14H16N4OS2. The molecule has 1 aliphatic heterocycles. The van der Waals surface area contributed by atoms with Crippen molar-refractivity contribution in [2.75, 3.05) is 22.6 Å². The van der Waals surface area contributed by atoms with Crippen LogP contribution in [0.5, 0.6) is 0 Å². The molecule has 0 unspecified atom stereocenters. The normalized spacial score (nSPS) is 18.4. The molecule has 3 heterocycles. The number of thioether (sulfide) groups is 2. The van der Waals surface area contributed by atoms with Crippen molar-refractivity contribution in [3.8, 4) is 5.82 Å². The molecule has 0 radical (unpaired) electrons. The number of nitrogens with zero attached hydrogens (tertiary/aromatic N) is 3. The van der Waals surface area contributed by atoms with E-state index in [1.807, 2.05) is 47.9 Å². The van der Waals surface area contributed by atoms with Crippen molar-refractivity contribution in [2.45, 2.75) is 11.7 Å². The molecule has 0 aliphatic carbocycles. The van der Waals surface area contributed by atoms with Crippen LogP contribution in [0, 0.1) is 0 Å². The van der Waals surface area contributed by atoms with Crippen LogP contribution in [0.2, 0.25) is 0 Å². The molecule has 0 saturated carbocycles. The highest BCUT2D eigenvalue weighted by atomic mass is 32.2. The van der Waals surface area contributed by atoms with E-state index in [0.29, 0.717) is 23.2 Å². The third-order valence-electron chi connectivity index (χ3n) is 3.08. The monoisotopic (exact) mass is 320 g/mol. The first kappa shape index (κ1) is 14.5. The lowest BCUT2D eigenvalue weighted by atomic mass is 10.3. The standard InChI is InChI=1S/C14H16N4OS2/c19-13(9-11-10-20-7-8-21-11)17-12-3-1-4-15-14(12)18-6-2-5-16-18/h1-6,11H,7-10H2,(H,17,19)/t11-/m1/s1. The van der Waals surface area contributed by atoms with Crippen molar-refractivity contribution in [1.29, 1.82) is 0 Å². The van der Waals surface area contributed by atoms with Gasteiger partial charge in [0.25, 0.3) is 0 Å². The first-order chi connectivity index (χ1) is 10.3. The second-order valence-electron chi connectivity index (χ2n) is 4.65. The van der Waals surface area contributed by atoms with Gasteiger partial charge in [0.15, 0.2) is 5.82 Å². The third-order valence-corrected chi connectivity index (χ3v) is 5.93. The van der Waals surface area contributed by atoms with Gasteiger partial charge < -0.3 is 5.32 Å². The quantitative estimate of drug-likeness (QED) is 0.937. The summed E-state index contributed by atoms with van der Waals surface area (Å²) in [6, 6.07) is 5.49. The van der Waals surface area contributed by atoms with Crippen molar-refractivity contribution in [3.63, 3.8) is 0 Å². The average molecular weight is 320 g/mol. The molecule has 1 amide bonds. The maximum atomic E-state index is 12.2. The number of carbonyl (C=O) groups is 1. The van der Waals surface area contributed by atoms with Crippen molar-refractivity contribution >= 4 is 35.1 Å². The number of amides is 1. The number of hydrogen-bond acceptors (Lipinski definition) is 5. The topological polar surface area (TPSA) is 59.8 Å². The van der Waals surface area contributed by atoms with Crippen molar-refractivity contribution in [3.05, 3.63) is 36.8 Å². The highest BCUT2D eigenvalue weighted by Crippen LogP contribution is 2.27. The Labute approximate surface area is 131 Å². The Morgan fingerprint density at radius 3 is 3.10 bits per heavy atom. The lowest BCUT2D eigenvalue weighted by molar-refractivity contribution is -0.116. The molecule has 2 aromatic heterocycles. The van der Waals surface area contributed by atoms with Crippen LogP contribution in [0.1, 0.15) is 6.42 Å². The predicted octanol–water partition coefficient (Wildman–Crippen LogP) is 2.44. The van der Waals surface area contributed by atoms with Crippen molar-refractivity contribution in [2.24, 2.45) is 0 Å². The Morgan fingerprint density at radius 2 is 2.33 bits per heavy atom. The van der Waals surface area contributed by atoms with Gasteiger partial charge in [-0.1, -0.05) is 0 Å². The summed E-state index contributed by atoms with van der Waals surface area (Å²) in [7, 11) is 0. The van der Waals surface area contributed by atoms with Gasteiger partial charge in [-0.05, 0) is 18.2 Å². The van der Waals surface area contributed by atoms with Gasteiger partial charge in [0.1, 0.15) is 0 Å². The van der Waals surface area contributed by atoms with E-state index in [2.05, 4.69) is 15.4 Å². The van der Waals surface area contributed by atoms with Gasteiger partial charge in [0.05, 0.1) is 5.69 Å². The number of anilines is 1. The van der Waals surface area contributed by atoms with Gasteiger partial charge in [0.2, 0.25) is 5.91 Å². The van der Waals surface area contributed by atoms with Crippen LogP contribution in [-0.2, 0) is 4.79 Å². The second-order valence-corrected chi connectivity index (χ2v) is 7.20. The molecule has 2 aromatic rings. The van der Waals surface area contributed by atoms with E-state index in [9.17, 15) is 4.79 Å². The Balaban J connectivity index is 1.68. The van der Waals surface area contributed by atoms with Gasteiger partial charge >= 0.3 is 0 Å². The molecule has 1 N–H and O–H groups in total. The average Bonchev–Trinajstić information content (AvgIpc) is 3.03. The number of nitrogens with one attached hydrogen (secondary N) is 1. The van der Waals surface area contributed by atoms with E-state index < -0.39 is 0 Å². The molecule has 0 bridgehead atoms. The first-order valence-electron chi connectivity index (χ1n) is 6.77. The largest absolute Gasteiger partial charge is 0.323 e. The minimum atomic E-state index is 0.0383. The maximum Gasteiger partial charge on any atom is 0.225 e. The summed E-state index contributed by atoms with van der Waals surface area (Å²) in [5.41, 5.74) is 0.694. The van der Waals surface area contributed by atoms with Crippen molar-refractivity contribution < 1.29 is 4.79 Å². The Kier molecular flexibility index (Phi) is 4.82. The number of hydrogen-bond donors (Lipinski definition) is 1. The van der Waals surface area contributed by atoms with E-state index >= 15 is 0 Å². The summed E-state index contributed by atoms with van der Waals surface area (Å²) >= 11 is 3.81. The van der Waals surface area contributed by atoms with Crippen LogP contribution in [-0.4, -0.2) is 43.2 Å². The molecule has 7 heteroatoms. The van der Waals surface area contributed by atoms with Gasteiger partial charge in [-0.15, -0.1) is 0 Å². The van der Waals surface area contributed by atoms with Crippen LogP contribution < -0.4 is 5.32 Å². The van der Waals surface area contributed by atoms with E-state index in [1.165, 1.54) is 5.75 Å². The zero-order valence-corrected chi connectivity index (χ0v) is 13.1. The van der Waals surface area contributed by atoms with E-state index in [0.717, 1.165) is 11.5 Å². The molecule has 110 valence electrons. The summed E-state index contributed by atoms with van der Waals surface area (Å²) in [4.78, 5) is 16.5. The molecule has 5 nitrogen and oxygen atoms in total. The molecular weight excluding hydrogens is 304 g/mol. The lowest BCUT2D eigenvalue weighted by Gasteiger charge is -2.20. The first-order valence-corrected chi connectivity index (χ1v) is 8.97. The molecule has 0 aromatic carbocycles. The Bertz CT molecular complexity index is 597. The van der Waals surface area contributed by atoms with Crippen LogP contribution in [0.4, 0.5) is 5.69 Å². The van der Waals surface area contributed by atoms with E-state index in [1.54, 1.807) is 17.1 Å². The van der Waals surface area contributed by atoms with Crippen LogP contribution in [0.25, 0.3) is 5.82 Å². The molecule has 1 fully saturated rings. The lowest BCUT2D eigenvalue weighted by Crippen LogP contribution is -2.23. The minimum absolute atomic E-state index is 0.0383. The molecule has 3 rings (SSSR count). The van der Waals surface area contributed by atoms with Gasteiger partial charge in [-0.25, -0.2) is 9.67 Å². The molecule has 21 heavy (non-hydrogen) atoms. The van der Waals surface area contributed by atoms with Gasteiger partial charge in [-0.3, -0.25) is 4.79 Å². The molecule has 0 spiro atoms. The fraction of sp³-hybridized carbons (Fsp3) is 0.357. The number of aromatic nitrogens is 3. The summed E-state index contributed by atoms with van der Waals surface area (Å²) in [5.74, 6) is 4.05. The molecule has 1 saturated heterocycles. The zero-order chi connectivity index (χ0) is 14.5. The van der Waals surface area contributed by atoms with E-state index in [-0.39, 0.29) is 5.91 Å². The smallest absolute Gasteiger partial charge is 0.225 e. The van der Waals surface area contributed by atoms with Crippen LogP contribution in [0.15, 0.2) is 36.8 Å². The molecule has 1 atom stereocenters. The third kappa shape index (κ3) is 3.79. The fourth-order valence-corrected chi connectivity index (χ4v) is 4.81. The predicted molar refractivity (Wildman–Crippen MR) is 88.2 cm³/mol. The summed E-state index contributed by atoms with van der Waals surface area (Å²) in [6.07, 6.45) is 5.74. The highest BCUT2D eigenvalue weighted by molar-refractivity contribution is 8.06. The zero-order valence-electron chi connectivity index (χ0n) is 11.4.